The van der Waals surface area contributed by atoms with E-state index in [-0.39, 0.29) is 10.9 Å². The number of nitrogens with zero attached hydrogens (tertiary/aromatic N) is 1. The Bertz CT molecular complexity index is 601. The van der Waals surface area contributed by atoms with Crippen LogP contribution in [0.15, 0.2) is 23.1 Å². The zero-order chi connectivity index (χ0) is 15.6. The van der Waals surface area contributed by atoms with E-state index in [0.29, 0.717) is 17.4 Å². The van der Waals surface area contributed by atoms with E-state index in [2.05, 4.69) is 6.92 Å². The van der Waals surface area contributed by atoms with Gasteiger partial charge in [0.05, 0.1) is 7.11 Å². The first kappa shape index (κ1) is 16.1. The average Bonchev–Trinajstić information content (AvgIpc) is 2.45. The number of nitrogens with two attached hydrogens (primary N) is 1. The van der Waals surface area contributed by atoms with Gasteiger partial charge in [0.1, 0.15) is 10.6 Å². The molecule has 118 valence electrons. The number of methoxy groups -OCH3 is 1. The average molecular weight is 312 g/mol. The lowest BCUT2D eigenvalue weighted by Gasteiger charge is -2.33. The third-order valence-corrected chi connectivity index (χ3v) is 6.22. The Morgan fingerprint density at radius 2 is 2.05 bits per heavy atom. The first-order chi connectivity index (χ1) is 9.86. The van der Waals surface area contributed by atoms with Crippen molar-refractivity contribution in [3.63, 3.8) is 0 Å². The van der Waals surface area contributed by atoms with Gasteiger partial charge < -0.3 is 10.5 Å². The molecule has 0 spiro atoms. The summed E-state index contributed by atoms with van der Waals surface area (Å²) in [4.78, 5) is 0.180. The molecule has 0 radical (unpaired) electrons. The summed E-state index contributed by atoms with van der Waals surface area (Å²) in [5.74, 6) is 0.862. The third kappa shape index (κ3) is 3.32. The van der Waals surface area contributed by atoms with Gasteiger partial charge in [-0.05, 0) is 30.9 Å². The Morgan fingerprint density at radius 1 is 1.33 bits per heavy atom. The minimum absolute atomic E-state index is 0.0565. The van der Waals surface area contributed by atoms with Crippen LogP contribution in [0, 0.1) is 5.92 Å². The van der Waals surface area contributed by atoms with Gasteiger partial charge in [0.25, 0.3) is 0 Å². The minimum Gasteiger partial charge on any atom is -0.495 e. The van der Waals surface area contributed by atoms with Crippen LogP contribution in [0.25, 0.3) is 0 Å². The van der Waals surface area contributed by atoms with Crippen molar-refractivity contribution < 1.29 is 13.2 Å². The van der Waals surface area contributed by atoms with E-state index >= 15 is 0 Å². The Hall–Kier alpha value is -1.27. The quantitative estimate of drug-likeness (QED) is 0.867. The minimum atomic E-state index is -3.57. The Balaban J connectivity index is 2.33. The summed E-state index contributed by atoms with van der Waals surface area (Å²) in [6.45, 7) is 2.18. The lowest BCUT2D eigenvalue weighted by Crippen LogP contribution is -2.39. The van der Waals surface area contributed by atoms with E-state index in [1.54, 1.807) is 19.2 Å². The van der Waals surface area contributed by atoms with Gasteiger partial charge in [-0.2, -0.15) is 4.31 Å². The molecule has 21 heavy (non-hydrogen) atoms. The van der Waals surface area contributed by atoms with E-state index in [4.69, 9.17) is 10.5 Å². The first-order valence-electron chi connectivity index (χ1n) is 7.27. The second kappa shape index (κ2) is 6.23. The van der Waals surface area contributed by atoms with Crippen molar-refractivity contribution in [3.8, 4) is 5.75 Å². The van der Waals surface area contributed by atoms with Crippen molar-refractivity contribution >= 4 is 15.7 Å². The van der Waals surface area contributed by atoms with E-state index in [1.165, 1.54) is 23.9 Å². The standard InChI is InChI=1S/C15H24N2O3S/c1-11-5-4-6-13(9-11)17(2)21(18,19)15-8-7-12(16)10-14(15)20-3/h7-8,10-11,13H,4-6,9,16H2,1-3H3. The van der Waals surface area contributed by atoms with Gasteiger partial charge in [0, 0.05) is 24.8 Å². The normalized spacial score (nSPS) is 23.2. The Kier molecular flexibility index (Phi) is 4.78. The molecule has 1 aromatic carbocycles. The molecule has 1 saturated carbocycles. The molecular formula is C15H24N2O3S. The highest BCUT2D eigenvalue weighted by molar-refractivity contribution is 7.89. The van der Waals surface area contributed by atoms with Crippen molar-refractivity contribution in [1.29, 1.82) is 0 Å². The monoisotopic (exact) mass is 312 g/mol. The van der Waals surface area contributed by atoms with Crippen molar-refractivity contribution in [2.75, 3.05) is 19.9 Å². The van der Waals surface area contributed by atoms with Crippen molar-refractivity contribution in [3.05, 3.63) is 18.2 Å². The maximum atomic E-state index is 12.8. The fourth-order valence-electron chi connectivity index (χ4n) is 2.98. The highest BCUT2D eigenvalue weighted by atomic mass is 32.2. The van der Waals surface area contributed by atoms with Crippen LogP contribution in [-0.2, 0) is 10.0 Å². The highest BCUT2D eigenvalue weighted by Crippen LogP contribution is 2.33. The predicted octanol–water partition coefficient (Wildman–Crippen LogP) is 2.48. The van der Waals surface area contributed by atoms with Gasteiger partial charge >= 0.3 is 0 Å². The number of benzene rings is 1. The largest absolute Gasteiger partial charge is 0.495 e. The SMILES string of the molecule is COc1cc(N)ccc1S(=O)(=O)N(C)C1CCCC(C)C1. The lowest BCUT2D eigenvalue weighted by molar-refractivity contribution is 0.238. The molecule has 5 nitrogen and oxygen atoms in total. The van der Waals surface area contributed by atoms with Crippen molar-refractivity contribution in [1.82, 2.24) is 4.31 Å². The second-order valence-electron chi connectivity index (χ2n) is 5.86. The van der Waals surface area contributed by atoms with Gasteiger partial charge in [-0.1, -0.05) is 19.8 Å². The highest BCUT2D eigenvalue weighted by Gasteiger charge is 2.32. The summed E-state index contributed by atoms with van der Waals surface area (Å²) in [7, 11) is -0.453. The number of hydrogen-bond acceptors (Lipinski definition) is 4. The zero-order valence-corrected chi connectivity index (χ0v) is 13.7. The van der Waals surface area contributed by atoms with Crippen LogP contribution in [0.5, 0.6) is 5.75 Å². The molecule has 0 aromatic heterocycles. The van der Waals surface area contributed by atoms with Crippen LogP contribution in [0.4, 0.5) is 5.69 Å². The maximum absolute atomic E-state index is 12.8. The molecular weight excluding hydrogens is 288 g/mol. The van der Waals surface area contributed by atoms with Gasteiger partial charge in [-0.3, -0.25) is 0 Å². The third-order valence-electron chi connectivity index (χ3n) is 4.27. The summed E-state index contributed by atoms with van der Waals surface area (Å²) < 4.78 is 32.4. The number of anilines is 1. The lowest BCUT2D eigenvalue weighted by atomic mass is 9.87. The molecule has 2 N–H and O–H groups in total. The fourth-order valence-corrected chi connectivity index (χ4v) is 4.51. The van der Waals surface area contributed by atoms with Gasteiger partial charge in [0.2, 0.25) is 10.0 Å². The Labute approximate surface area is 127 Å². The number of rotatable bonds is 4. The zero-order valence-electron chi connectivity index (χ0n) is 12.9. The van der Waals surface area contributed by atoms with Crippen molar-refractivity contribution in [2.45, 2.75) is 43.5 Å². The van der Waals surface area contributed by atoms with Crippen LogP contribution in [0.1, 0.15) is 32.6 Å². The number of ether oxygens (including phenoxy) is 1. The summed E-state index contributed by atoms with van der Waals surface area (Å²) in [6.07, 6.45) is 4.07. The van der Waals surface area contributed by atoms with E-state index in [1.807, 2.05) is 0 Å². The summed E-state index contributed by atoms with van der Waals surface area (Å²) >= 11 is 0. The molecule has 1 aliphatic carbocycles. The maximum Gasteiger partial charge on any atom is 0.246 e. The van der Waals surface area contributed by atoms with Crippen LogP contribution >= 0.6 is 0 Å². The first-order valence-corrected chi connectivity index (χ1v) is 8.71. The van der Waals surface area contributed by atoms with Crippen LogP contribution in [0.3, 0.4) is 0 Å². The number of sulfonamides is 1. The number of hydrogen-bond donors (Lipinski definition) is 1. The van der Waals surface area contributed by atoms with Gasteiger partial charge in [-0.15, -0.1) is 0 Å². The molecule has 2 atom stereocenters. The van der Waals surface area contributed by atoms with Crippen LogP contribution in [-0.4, -0.2) is 32.9 Å². The van der Waals surface area contributed by atoms with Gasteiger partial charge in [0.15, 0.2) is 0 Å². The smallest absolute Gasteiger partial charge is 0.246 e. The summed E-state index contributed by atoms with van der Waals surface area (Å²) in [6, 6.07) is 4.71. The molecule has 0 amide bonds. The van der Waals surface area contributed by atoms with Crippen LogP contribution in [0.2, 0.25) is 0 Å². The number of nitrogen functional groups attached to an aromatic ring is 1. The summed E-state index contributed by atoms with van der Waals surface area (Å²) in [5, 5.41) is 0. The molecule has 1 aromatic rings. The molecule has 0 heterocycles. The van der Waals surface area contributed by atoms with E-state index < -0.39 is 10.0 Å². The molecule has 0 aliphatic heterocycles. The molecule has 0 bridgehead atoms. The summed E-state index contributed by atoms with van der Waals surface area (Å²) in [5.41, 5.74) is 6.18. The molecule has 2 unspecified atom stereocenters. The van der Waals surface area contributed by atoms with E-state index in [0.717, 1.165) is 19.3 Å². The second-order valence-corrected chi connectivity index (χ2v) is 7.82. The predicted molar refractivity (Wildman–Crippen MR) is 83.8 cm³/mol. The van der Waals surface area contributed by atoms with Gasteiger partial charge in [-0.25, -0.2) is 8.42 Å². The molecule has 1 fully saturated rings. The molecule has 6 heteroatoms. The molecule has 2 rings (SSSR count). The molecule has 1 aliphatic rings. The Morgan fingerprint density at radius 3 is 2.67 bits per heavy atom. The van der Waals surface area contributed by atoms with Crippen molar-refractivity contribution in [2.24, 2.45) is 5.92 Å². The van der Waals surface area contributed by atoms with Crippen LogP contribution < -0.4 is 10.5 Å². The van der Waals surface area contributed by atoms with E-state index in [9.17, 15) is 8.42 Å². The fraction of sp³-hybridized carbons (Fsp3) is 0.600. The molecule has 0 saturated heterocycles. The topological polar surface area (TPSA) is 72.6 Å².